The third kappa shape index (κ3) is 3.47. The first-order valence-electron chi connectivity index (χ1n) is 9.30. The molecular weight excluding hydrogens is 326 g/mol. The van der Waals surface area contributed by atoms with Crippen LogP contribution in [0.3, 0.4) is 0 Å². The van der Waals surface area contributed by atoms with Gasteiger partial charge in [-0.05, 0) is 54.7 Å². The van der Waals surface area contributed by atoms with Crippen molar-refractivity contribution < 1.29 is 9.59 Å². The van der Waals surface area contributed by atoms with Crippen molar-refractivity contribution >= 4 is 17.5 Å². The number of amides is 2. The maximum absolute atomic E-state index is 12.4. The van der Waals surface area contributed by atoms with Crippen LogP contribution in [0.5, 0.6) is 0 Å². The number of nitrogens with zero attached hydrogens (tertiary/aromatic N) is 2. The van der Waals surface area contributed by atoms with Gasteiger partial charge in [0, 0.05) is 43.5 Å². The monoisotopic (exact) mass is 349 g/mol. The minimum Gasteiger partial charge on any atom is -0.355 e. The van der Waals surface area contributed by atoms with E-state index in [4.69, 9.17) is 0 Å². The highest BCUT2D eigenvalue weighted by molar-refractivity contribution is 6.00. The molecule has 2 aliphatic rings. The number of rotatable bonds is 5. The lowest BCUT2D eigenvalue weighted by Crippen LogP contribution is -2.34. The van der Waals surface area contributed by atoms with Crippen LogP contribution >= 0.6 is 0 Å². The standard InChI is InChI=1S/C21H23N3O2/c25-20-13-17(21(26)23-11-9-18-6-1-2-10-22-18)14-24(20)19-8-7-15-4-3-5-16(15)12-19/h1-2,6-8,10,12,17H,3-5,9,11,13-14H2,(H,23,26). The Balaban J connectivity index is 1.34. The molecule has 1 N–H and O–H groups in total. The van der Waals surface area contributed by atoms with Gasteiger partial charge in [-0.3, -0.25) is 14.6 Å². The Morgan fingerprint density at radius 1 is 1.19 bits per heavy atom. The number of anilines is 1. The number of benzene rings is 1. The van der Waals surface area contributed by atoms with Gasteiger partial charge in [-0.15, -0.1) is 0 Å². The summed E-state index contributed by atoms with van der Waals surface area (Å²) in [5, 5.41) is 2.95. The summed E-state index contributed by atoms with van der Waals surface area (Å²) < 4.78 is 0. The second-order valence-corrected chi connectivity index (χ2v) is 7.07. The molecule has 0 radical (unpaired) electrons. The lowest BCUT2D eigenvalue weighted by molar-refractivity contribution is -0.126. The fraction of sp³-hybridized carbons (Fsp3) is 0.381. The van der Waals surface area contributed by atoms with E-state index in [0.29, 0.717) is 19.5 Å². The summed E-state index contributed by atoms with van der Waals surface area (Å²) in [6.07, 6.45) is 6.14. The van der Waals surface area contributed by atoms with Crippen LogP contribution < -0.4 is 10.2 Å². The van der Waals surface area contributed by atoms with E-state index >= 15 is 0 Å². The molecule has 5 heteroatoms. The van der Waals surface area contributed by atoms with Gasteiger partial charge in [0.15, 0.2) is 0 Å². The number of nitrogens with one attached hydrogen (secondary N) is 1. The summed E-state index contributed by atoms with van der Waals surface area (Å²) in [5.41, 5.74) is 4.62. The number of fused-ring (bicyclic) bond motifs is 1. The Kier molecular flexibility index (Phi) is 4.69. The van der Waals surface area contributed by atoms with E-state index < -0.39 is 0 Å². The van der Waals surface area contributed by atoms with Crippen molar-refractivity contribution in [3.05, 3.63) is 59.4 Å². The average Bonchev–Trinajstić information content (AvgIpc) is 3.28. The molecule has 1 fully saturated rings. The van der Waals surface area contributed by atoms with Gasteiger partial charge in [-0.1, -0.05) is 12.1 Å². The zero-order chi connectivity index (χ0) is 17.9. The highest BCUT2D eigenvalue weighted by atomic mass is 16.2. The van der Waals surface area contributed by atoms with Crippen LogP contribution in [-0.2, 0) is 28.9 Å². The number of carbonyl (C=O) groups is 2. The van der Waals surface area contributed by atoms with Gasteiger partial charge in [0.1, 0.15) is 0 Å². The van der Waals surface area contributed by atoms with Crippen LogP contribution in [0.15, 0.2) is 42.6 Å². The summed E-state index contributed by atoms with van der Waals surface area (Å²) in [7, 11) is 0. The Bertz CT molecular complexity index is 819. The van der Waals surface area contributed by atoms with E-state index in [-0.39, 0.29) is 24.2 Å². The molecule has 0 bridgehead atoms. The Morgan fingerprint density at radius 3 is 2.92 bits per heavy atom. The fourth-order valence-electron chi connectivity index (χ4n) is 3.86. The molecule has 1 aromatic heterocycles. The van der Waals surface area contributed by atoms with Crippen molar-refractivity contribution in [1.29, 1.82) is 0 Å². The van der Waals surface area contributed by atoms with Crippen LogP contribution in [0.2, 0.25) is 0 Å². The number of carbonyl (C=O) groups excluding carboxylic acids is 2. The van der Waals surface area contributed by atoms with Crippen molar-refractivity contribution in [1.82, 2.24) is 10.3 Å². The molecule has 2 heterocycles. The van der Waals surface area contributed by atoms with E-state index in [9.17, 15) is 9.59 Å². The number of pyridine rings is 1. The second-order valence-electron chi connectivity index (χ2n) is 7.07. The molecule has 1 aliphatic heterocycles. The van der Waals surface area contributed by atoms with E-state index in [1.807, 2.05) is 24.3 Å². The quantitative estimate of drug-likeness (QED) is 0.901. The van der Waals surface area contributed by atoms with Crippen molar-refractivity contribution in [3.63, 3.8) is 0 Å². The first-order chi connectivity index (χ1) is 12.7. The van der Waals surface area contributed by atoms with Crippen LogP contribution in [0, 0.1) is 5.92 Å². The third-order valence-corrected chi connectivity index (χ3v) is 5.30. The minimum absolute atomic E-state index is 0.0350. The molecule has 1 saturated heterocycles. The topological polar surface area (TPSA) is 62.3 Å². The predicted octanol–water partition coefficient (Wildman–Crippen LogP) is 2.28. The van der Waals surface area contributed by atoms with E-state index in [1.165, 1.54) is 17.5 Å². The van der Waals surface area contributed by atoms with Crippen LogP contribution in [-0.4, -0.2) is 29.9 Å². The van der Waals surface area contributed by atoms with Crippen molar-refractivity contribution in [3.8, 4) is 0 Å². The van der Waals surface area contributed by atoms with Gasteiger partial charge in [-0.25, -0.2) is 0 Å². The van der Waals surface area contributed by atoms with Gasteiger partial charge in [0.25, 0.3) is 0 Å². The SMILES string of the molecule is O=C(NCCc1ccccn1)C1CC(=O)N(c2ccc3c(c2)CCC3)C1. The zero-order valence-corrected chi connectivity index (χ0v) is 14.8. The summed E-state index contributed by atoms with van der Waals surface area (Å²) in [4.78, 5) is 30.9. The van der Waals surface area contributed by atoms with Gasteiger partial charge in [-0.2, -0.15) is 0 Å². The molecule has 26 heavy (non-hydrogen) atoms. The molecule has 1 aliphatic carbocycles. The summed E-state index contributed by atoms with van der Waals surface area (Å²) in [6, 6.07) is 12.0. The lowest BCUT2D eigenvalue weighted by atomic mass is 10.1. The molecule has 0 saturated carbocycles. The average molecular weight is 349 g/mol. The van der Waals surface area contributed by atoms with E-state index in [0.717, 1.165) is 24.2 Å². The van der Waals surface area contributed by atoms with Gasteiger partial charge < -0.3 is 10.2 Å². The Labute approximate surface area is 153 Å². The smallest absolute Gasteiger partial charge is 0.227 e. The molecule has 2 amide bonds. The highest BCUT2D eigenvalue weighted by Crippen LogP contribution is 2.30. The molecule has 1 atom stereocenters. The maximum atomic E-state index is 12.4. The lowest BCUT2D eigenvalue weighted by Gasteiger charge is -2.18. The highest BCUT2D eigenvalue weighted by Gasteiger charge is 2.35. The van der Waals surface area contributed by atoms with Gasteiger partial charge in [0.2, 0.25) is 11.8 Å². The van der Waals surface area contributed by atoms with Gasteiger partial charge >= 0.3 is 0 Å². The number of aryl methyl sites for hydroxylation is 2. The van der Waals surface area contributed by atoms with E-state index in [1.54, 1.807) is 11.1 Å². The summed E-state index contributed by atoms with van der Waals surface area (Å²) in [5.74, 6) is -0.287. The Hall–Kier alpha value is -2.69. The molecule has 134 valence electrons. The molecular formula is C21H23N3O2. The Morgan fingerprint density at radius 2 is 2.08 bits per heavy atom. The first-order valence-corrected chi connectivity index (χ1v) is 9.30. The number of aromatic nitrogens is 1. The summed E-state index contributed by atoms with van der Waals surface area (Å²) >= 11 is 0. The van der Waals surface area contributed by atoms with Crippen LogP contribution in [0.25, 0.3) is 0 Å². The molecule has 5 nitrogen and oxygen atoms in total. The number of hydrogen-bond acceptors (Lipinski definition) is 3. The largest absolute Gasteiger partial charge is 0.355 e. The van der Waals surface area contributed by atoms with Crippen LogP contribution in [0.1, 0.15) is 29.7 Å². The van der Waals surface area contributed by atoms with Crippen molar-refractivity contribution in [2.24, 2.45) is 5.92 Å². The zero-order valence-electron chi connectivity index (χ0n) is 14.8. The molecule has 1 unspecified atom stereocenters. The molecule has 2 aromatic rings. The molecule has 4 rings (SSSR count). The first kappa shape index (κ1) is 16.8. The fourth-order valence-corrected chi connectivity index (χ4v) is 3.86. The van der Waals surface area contributed by atoms with Gasteiger partial charge in [0.05, 0.1) is 5.92 Å². The molecule has 0 spiro atoms. The van der Waals surface area contributed by atoms with Crippen molar-refractivity contribution in [2.75, 3.05) is 18.0 Å². The number of hydrogen-bond donors (Lipinski definition) is 1. The van der Waals surface area contributed by atoms with Crippen molar-refractivity contribution in [2.45, 2.75) is 32.1 Å². The minimum atomic E-state index is -0.278. The summed E-state index contributed by atoms with van der Waals surface area (Å²) in [6.45, 7) is 1.01. The predicted molar refractivity (Wildman–Crippen MR) is 99.9 cm³/mol. The third-order valence-electron chi connectivity index (χ3n) is 5.30. The normalized spacial score (nSPS) is 18.8. The molecule has 1 aromatic carbocycles. The van der Waals surface area contributed by atoms with E-state index in [2.05, 4.69) is 22.4 Å². The second kappa shape index (κ2) is 7.28. The maximum Gasteiger partial charge on any atom is 0.227 e. The van der Waals surface area contributed by atoms with Crippen LogP contribution in [0.4, 0.5) is 5.69 Å².